The van der Waals surface area contributed by atoms with Crippen molar-refractivity contribution in [2.45, 2.75) is 26.1 Å². The van der Waals surface area contributed by atoms with Gasteiger partial charge in [-0.15, -0.1) is 0 Å². The highest BCUT2D eigenvalue weighted by molar-refractivity contribution is 5.94. The minimum atomic E-state index is -0.742. The molecule has 1 amide bonds. The van der Waals surface area contributed by atoms with E-state index in [2.05, 4.69) is 0 Å². The largest absolute Gasteiger partial charge is 0.399 e. The Kier molecular flexibility index (Phi) is 7.87. The molecule has 6 nitrogen and oxygen atoms in total. The summed E-state index contributed by atoms with van der Waals surface area (Å²) < 4.78 is 10.6. The minimum Gasteiger partial charge on any atom is -0.399 e. The highest BCUT2D eigenvalue weighted by Gasteiger charge is 2.15. The Labute approximate surface area is 131 Å². The highest BCUT2D eigenvalue weighted by atomic mass is 16.5. The van der Waals surface area contributed by atoms with Crippen LogP contribution in [0.2, 0.25) is 0 Å². The summed E-state index contributed by atoms with van der Waals surface area (Å²) in [7, 11) is 1.64. The van der Waals surface area contributed by atoms with E-state index in [0.717, 1.165) is 0 Å². The van der Waals surface area contributed by atoms with Gasteiger partial charge in [0.2, 0.25) is 0 Å². The summed E-state index contributed by atoms with van der Waals surface area (Å²) in [6.07, 6.45) is -0.579. The van der Waals surface area contributed by atoms with Crippen molar-refractivity contribution in [1.29, 1.82) is 0 Å². The smallest absolute Gasteiger partial charge is 0.253 e. The molecule has 1 unspecified atom stereocenters. The van der Waals surface area contributed by atoms with Crippen molar-refractivity contribution < 1.29 is 19.4 Å². The Morgan fingerprint density at radius 1 is 1.36 bits per heavy atom. The fourth-order valence-corrected chi connectivity index (χ4v) is 1.91. The van der Waals surface area contributed by atoms with Gasteiger partial charge in [-0.05, 0) is 32.0 Å². The molecule has 0 fully saturated rings. The van der Waals surface area contributed by atoms with Gasteiger partial charge in [0.05, 0.1) is 32.0 Å². The third-order valence-electron chi connectivity index (χ3n) is 2.95. The molecule has 0 aromatic heterocycles. The highest BCUT2D eigenvalue weighted by Crippen LogP contribution is 2.09. The Balaban J connectivity index is 2.31. The van der Waals surface area contributed by atoms with Crippen LogP contribution in [0.1, 0.15) is 24.2 Å². The maximum Gasteiger partial charge on any atom is 0.253 e. The van der Waals surface area contributed by atoms with E-state index in [0.29, 0.717) is 24.5 Å². The van der Waals surface area contributed by atoms with E-state index in [1.165, 1.54) is 4.90 Å². The van der Waals surface area contributed by atoms with Crippen molar-refractivity contribution in [3.05, 3.63) is 29.8 Å². The number of amides is 1. The monoisotopic (exact) mass is 310 g/mol. The third-order valence-corrected chi connectivity index (χ3v) is 2.95. The maximum absolute atomic E-state index is 12.2. The summed E-state index contributed by atoms with van der Waals surface area (Å²) in [5.41, 5.74) is 6.70. The van der Waals surface area contributed by atoms with Crippen molar-refractivity contribution >= 4 is 11.6 Å². The molecular formula is C16H26N2O4. The number of benzene rings is 1. The summed E-state index contributed by atoms with van der Waals surface area (Å²) in [4.78, 5) is 13.6. The quantitative estimate of drug-likeness (QED) is 0.528. The molecule has 0 heterocycles. The second-order valence-electron chi connectivity index (χ2n) is 5.46. The van der Waals surface area contributed by atoms with Crippen LogP contribution in [0.4, 0.5) is 5.69 Å². The van der Waals surface area contributed by atoms with E-state index in [-0.39, 0.29) is 25.2 Å². The second-order valence-corrected chi connectivity index (χ2v) is 5.46. The molecule has 0 aliphatic heterocycles. The molecular weight excluding hydrogens is 284 g/mol. The normalized spacial score (nSPS) is 12.4. The lowest BCUT2D eigenvalue weighted by molar-refractivity contribution is -0.0159. The Morgan fingerprint density at radius 2 is 2.09 bits per heavy atom. The van der Waals surface area contributed by atoms with E-state index in [4.69, 9.17) is 15.2 Å². The van der Waals surface area contributed by atoms with E-state index in [1.807, 2.05) is 13.8 Å². The minimum absolute atomic E-state index is 0.163. The van der Waals surface area contributed by atoms with Gasteiger partial charge < -0.3 is 25.2 Å². The Hall–Kier alpha value is -1.63. The lowest BCUT2D eigenvalue weighted by Crippen LogP contribution is -2.36. The van der Waals surface area contributed by atoms with Crippen LogP contribution in [0.3, 0.4) is 0 Å². The van der Waals surface area contributed by atoms with Crippen LogP contribution in [-0.2, 0) is 9.47 Å². The molecule has 1 atom stereocenters. The van der Waals surface area contributed by atoms with E-state index < -0.39 is 6.10 Å². The van der Waals surface area contributed by atoms with E-state index in [9.17, 15) is 9.90 Å². The molecule has 22 heavy (non-hydrogen) atoms. The molecule has 0 saturated carbocycles. The first-order valence-corrected chi connectivity index (χ1v) is 7.38. The molecule has 0 aliphatic carbocycles. The van der Waals surface area contributed by atoms with Crippen LogP contribution >= 0.6 is 0 Å². The molecule has 0 radical (unpaired) electrons. The number of hydrogen-bond donors (Lipinski definition) is 2. The number of aliphatic hydroxyl groups excluding tert-OH is 1. The molecule has 124 valence electrons. The van der Waals surface area contributed by atoms with Gasteiger partial charge in [-0.25, -0.2) is 0 Å². The van der Waals surface area contributed by atoms with Gasteiger partial charge in [0.15, 0.2) is 0 Å². The van der Waals surface area contributed by atoms with E-state index in [1.54, 1.807) is 31.3 Å². The molecule has 0 aliphatic rings. The molecule has 3 N–H and O–H groups in total. The lowest BCUT2D eigenvalue weighted by atomic mass is 10.2. The van der Waals surface area contributed by atoms with Gasteiger partial charge in [-0.1, -0.05) is 6.07 Å². The van der Waals surface area contributed by atoms with Crippen molar-refractivity contribution in [3.63, 3.8) is 0 Å². The summed E-state index contributed by atoms with van der Waals surface area (Å²) >= 11 is 0. The first kappa shape index (κ1) is 18.4. The van der Waals surface area contributed by atoms with Gasteiger partial charge in [-0.2, -0.15) is 0 Å². The van der Waals surface area contributed by atoms with Crippen LogP contribution in [0.5, 0.6) is 0 Å². The van der Waals surface area contributed by atoms with Gasteiger partial charge >= 0.3 is 0 Å². The average Bonchev–Trinajstić information content (AvgIpc) is 2.45. The first-order chi connectivity index (χ1) is 10.4. The SMILES string of the molecule is CC(C)OCCOCC(O)CN(C)C(=O)c1cccc(N)c1. The number of nitrogens with two attached hydrogens (primary N) is 1. The number of ether oxygens (including phenoxy) is 2. The van der Waals surface area contributed by atoms with Crippen LogP contribution in [0.25, 0.3) is 0 Å². The third kappa shape index (κ3) is 6.89. The number of likely N-dealkylation sites (N-methyl/N-ethyl adjacent to an activating group) is 1. The second kappa shape index (κ2) is 9.40. The number of hydrogen-bond acceptors (Lipinski definition) is 5. The zero-order chi connectivity index (χ0) is 16.5. The zero-order valence-corrected chi connectivity index (χ0v) is 13.5. The number of rotatable bonds is 9. The van der Waals surface area contributed by atoms with Crippen molar-refractivity contribution in [1.82, 2.24) is 4.90 Å². The predicted molar refractivity (Wildman–Crippen MR) is 85.7 cm³/mol. The Bertz CT molecular complexity index is 465. The van der Waals surface area contributed by atoms with Crippen LogP contribution in [0, 0.1) is 0 Å². The lowest BCUT2D eigenvalue weighted by Gasteiger charge is -2.21. The zero-order valence-electron chi connectivity index (χ0n) is 13.5. The summed E-state index contributed by atoms with van der Waals surface area (Å²) in [6.45, 7) is 5.16. The van der Waals surface area contributed by atoms with Crippen molar-refractivity contribution in [2.24, 2.45) is 0 Å². The number of aliphatic hydroxyl groups is 1. The molecule has 0 spiro atoms. The molecule has 1 aromatic rings. The standard InChI is InChI=1S/C16H26N2O4/c1-12(2)22-8-7-21-11-15(19)10-18(3)16(20)13-5-4-6-14(17)9-13/h4-6,9,12,15,19H,7-8,10-11,17H2,1-3H3. The molecule has 0 bridgehead atoms. The number of carbonyl (C=O) groups excluding carboxylic acids is 1. The van der Waals surface area contributed by atoms with Gasteiger partial charge in [-0.3, -0.25) is 4.79 Å². The Morgan fingerprint density at radius 3 is 2.73 bits per heavy atom. The average molecular weight is 310 g/mol. The van der Waals surface area contributed by atoms with Crippen LogP contribution < -0.4 is 5.73 Å². The predicted octanol–water partition coefficient (Wildman–Crippen LogP) is 1.14. The summed E-state index contributed by atoms with van der Waals surface area (Å²) in [5.74, 6) is -0.186. The van der Waals surface area contributed by atoms with Crippen LogP contribution in [0.15, 0.2) is 24.3 Å². The maximum atomic E-state index is 12.2. The molecule has 0 saturated heterocycles. The fraction of sp³-hybridized carbons (Fsp3) is 0.562. The number of anilines is 1. The molecule has 6 heteroatoms. The summed E-state index contributed by atoms with van der Waals surface area (Å²) in [5, 5.41) is 9.89. The van der Waals surface area contributed by atoms with E-state index >= 15 is 0 Å². The number of nitrogen functional groups attached to an aromatic ring is 1. The molecule has 1 aromatic carbocycles. The topological polar surface area (TPSA) is 85.0 Å². The first-order valence-electron chi connectivity index (χ1n) is 7.38. The number of nitrogens with zero attached hydrogens (tertiary/aromatic N) is 1. The van der Waals surface area contributed by atoms with Gasteiger partial charge in [0.25, 0.3) is 5.91 Å². The van der Waals surface area contributed by atoms with Gasteiger partial charge in [0.1, 0.15) is 0 Å². The van der Waals surface area contributed by atoms with Crippen molar-refractivity contribution in [2.75, 3.05) is 39.1 Å². The number of carbonyl (C=O) groups is 1. The van der Waals surface area contributed by atoms with Crippen LogP contribution in [-0.4, -0.2) is 61.5 Å². The molecule has 1 rings (SSSR count). The summed E-state index contributed by atoms with van der Waals surface area (Å²) in [6, 6.07) is 6.76. The fourth-order valence-electron chi connectivity index (χ4n) is 1.91. The van der Waals surface area contributed by atoms with Crippen molar-refractivity contribution in [3.8, 4) is 0 Å². The van der Waals surface area contributed by atoms with Gasteiger partial charge in [0, 0.05) is 24.8 Å².